The van der Waals surface area contributed by atoms with Crippen LogP contribution in [0.2, 0.25) is 0 Å². The molecule has 10 heteroatoms. The minimum absolute atomic E-state index is 0.0597. The Balaban J connectivity index is 1.53. The third-order valence-corrected chi connectivity index (χ3v) is 5.20. The van der Waals surface area contributed by atoms with E-state index in [-0.39, 0.29) is 17.2 Å². The number of imide groups is 1. The van der Waals surface area contributed by atoms with E-state index in [2.05, 4.69) is 25.5 Å². The Kier molecular flexibility index (Phi) is 6.41. The molecule has 2 aliphatic heterocycles. The zero-order chi connectivity index (χ0) is 21.0. The zero-order valence-corrected chi connectivity index (χ0v) is 17.5. The molecule has 1 aromatic heterocycles. The number of piperidine rings is 1. The van der Waals surface area contributed by atoms with Gasteiger partial charge in [-0.15, -0.1) is 0 Å². The number of carbonyl (C=O) groups is 3. The van der Waals surface area contributed by atoms with E-state index in [1.54, 1.807) is 18.3 Å². The van der Waals surface area contributed by atoms with Crippen molar-refractivity contribution in [1.82, 2.24) is 20.6 Å². The molecule has 0 saturated carbocycles. The van der Waals surface area contributed by atoms with Gasteiger partial charge < -0.3 is 15.0 Å². The van der Waals surface area contributed by atoms with E-state index in [1.807, 2.05) is 20.8 Å². The number of hydrogen-bond donors (Lipinski definition) is 2. The fraction of sp³-hybridized carbons (Fsp3) is 0.526. The SMILES string of the molecule is CC(C)(C)OC(=O)NC1CCN(c2nccc(C/C=C3\SC(=O)NC3=O)n2)CC1. The highest BCUT2D eigenvalue weighted by molar-refractivity contribution is 8.18. The molecule has 0 spiro atoms. The molecule has 29 heavy (non-hydrogen) atoms. The molecule has 3 amide bonds. The molecule has 0 aromatic carbocycles. The Labute approximate surface area is 173 Å². The third kappa shape index (κ3) is 6.18. The number of alkyl carbamates (subject to hydrolysis) is 1. The number of amides is 3. The largest absolute Gasteiger partial charge is 0.444 e. The fourth-order valence-corrected chi connectivity index (χ4v) is 3.66. The Bertz CT molecular complexity index is 828. The quantitative estimate of drug-likeness (QED) is 0.715. The van der Waals surface area contributed by atoms with Gasteiger partial charge in [-0.3, -0.25) is 14.9 Å². The van der Waals surface area contributed by atoms with Crippen LogP contribution < -0.4 is 15.5 Å². The number of aromatic nitrogens is 2. The molecule has 156 valence electrons. The van der Waals surface area contributed by atoms with Gasteiger partial charge in [0.1, 0.15) is 5.60 Å². The first-order valence-electron chi connectivity index (χ1n) is 9.49. The maximum atomic E-state index is 11.9. The number of allylic oxidation sites excluding steroid dienone is 1. The number of ether oxygens (including phenoxy) is 1. The van der Waals surface area contributed by atoms with Gasteiger partial charge in [0.05, 0.1) is 4.91 Å². The lowest BCUT2D eigenvalue weighted by Crippen LogP contribution is -2.46. The Morgan fingerprint density at radius 3 is 2.72 bits per heavy atom. The van der Waals surface area contributed by atoms with Crippen LogP contribution in [-0.2, 0) is 16.0 Å². The van der Waals surface area contributed by atoms with Crippen LogP contribution in [0.25, 0.3) is 0 Å². The van der Waals surface area contributed by atoms with Gasteiger partial charge in [0.2, 0.25) is 5.95 Å². The van der Waals surface area contributed by atoms with Crippen LogP contribution in [0.4, 0.5) is 15.5 Å². The van der Waals surface area contributed by atoms with Crippen molar-refractivity contribution in [2.45, 2.75) is 51.7 Å². The number of anilines is 1. The second-order valence-corrected chi connectivity index (χ2v) is 8.89. The second kappa shape index (κ2) is 8.81. The third-order valence-electron chi connectivity index (χ3n) is 4.34. The van der Waals surface area contributed by atoms with Crippen molar-refractivity contribution < 1.29 is 19.1 Å². The summed E-state index contributed by atoms with van der Waals surface area (Å²) in [7, 11) is 0. The molecule has 2 fully saturated rings. The predicted octanol–water partition coefficient (Wildman–Crippen LogP) is 2.38. The number of nitrogens with one attached hydrogen (secondary N) is 2. The molecule has 3 heterocycles. The van der Waals surface area contributed by atoms with Crippen molar-refractivity contribution in [2.24, 2.45) is 0 Å². The molecule has 3 rings (SSSR count). The topological polar surface area (TPSA) is 114 Å². The number of nitrogens with zero attached hydrogens (tertiary/aromatic N) is 3. The van der Waals surface area contributed by atoms with Crippen molar-refractivity contribution in [2.75, 3.05) is 18.0 Å². The molecular formula is C19H25N5O4S. The van der Waals surface area contributed by atoms with Crippen LogP contribution in [0.15, 0.2) is 23.2 Å². The summed E-state index contributed by atoms with van der Waals surface area (Å²) in [6.45, 7) is 6.96. The highest BCUT2D eigenvalue weighted by Gasteiger charge is 2.26. The van der Waals surface area contributed by atoms with E-state index < -0.39 is 11.7 Å². The summed E-state index contributed by atoms with van der Waals surface area (Å²) >= 11 is 0.896. The molecule has 0 unspecified atom stereocenters. The van der Waals surface area contributed by atoms with Gasteiger partial charge in [0, 0.05) is 37.4 Å². The maximum Gasteiger partial charge on any atom is 0.407 e. The molecule has 0 radical (unpaired) electrons. The molecular weight excluding hydrogens is 394 g/mol. The molecule has 9 nitrogen and oxygen atoms in total. The Hall–Kier alpha value is -2.62. The fourth-order valence-electron chi connectivity index (χ4n) is 3.01. The maximum absolute atomic E-state index is 11.9. The van der Waals surface area contributed by atoms with Gasteiger partial charge in [-0.05, 0) is 51.4 Å². The van der Waals surface area contributed by atoms with Gasteiger partial charge in [0.15, 0.2) is 0 Å². The van der Waals surface area contributed by atoms with E-state index in [0.717, 1.165) is 43.4 Å². The van der Waals surface area contributed by atoms with E-state index in [9.17, 15) is 14.4 Å². The molecule has 1 aromatic rings. The zero-order valence-electron chi connectivity index (χ0n) is 16.7. The van der Waals surface area contributed by atoms with Crippen LogP contribution >= 0.6 is 11.8 Å². The Morgan fingerprint density at radius 1 is 1.38 bits per heavy atom. The average Bonchev–Trinajstić information content (AvgIpc) is 2.96. The molecule has 0 aliphatic carbocycles. The number of hydrogen-bond acceptors (Lipinski definition) is 8. The van der Waals surface area contributed by atoms with Crippen molar-refractivity contribution in [1.29, 1.82) is 0 Å². The lowest BCUT2D eigenvalue weighted by molar-refractivity contribution is -0.115. The molecule has 0 atom stereocenters. The smallest absolute Gasteiger partial charge is 0.407 e. The number of carbonyl (C=O) groups excluding carboxylic acids is 3. The van der Waals surface area contributed by atoms with Crippen LogP contribution in [-0.4, -0.2) is 51.9 Å². The van der Waals surface area contributed by atoms with Gasteiger partial charge in [0.25, 0.3) is 11.1 Å². The van der Waals surface area contributed by atoms with E-state index >= 15 is 0 Å². The van der Waals surface area contributed by atoms with E-state index in [0.29, 0.717) is 17.3 Å². The van der Waals surface area contributed by atoms with Gasteiger partial charge in [-0.2, -0.15) is 0 Å². The van der Waals surface area contributed by atoms with Crippen molar-refractivity contribution in [3.63, 3.8) is 0 Å². The lowest BCUT2D eigenvalue weighted by atomic mass is 10.1. The summed E-state index contributed by atoms with van der Waals surface area (Å²) in [5.41, 5.74) is 0.253. The van der Waals surface area contributed by atoms with Crippen LogP contribution in [0.1, 0.15) is 39.3 Å². The summed E-state index contributed by atoms with van der Waals surface area (Å²) in [6.07, 6.45) is 4.98. The van der Waals surface area contributed by atoms with Crippen LogP contribution in [0.3, 0.4) is 0 Å². The van der Waals surface area contributed by atoms with Gasteiger partial charge in [-0.25, -0.2) is 14.8 Å². The van der Waals surface area contributed by atoms with Gasteiger partial charge in [-0.1, -0.05) is 6.08 Å². The van der Waals surface area contributed by atoms with Crippen molar-refractivity contribution in [3.8, 4) is 0 Å². The summed E-state index contributed by atoms with van der Waals surface area (Å²) in [5, 5.41) is 4.79. The highest BCUT2D eigenvalue weighted by atomic mass is 32.2. The normalized spacial score (nSPS) is 19.4. The molecule has 0 bridgehead atoms. The second-order valence-electron chi connectivity index (χ2n) is 7.87. The van der Waals surface area contributed by atoms with Crippen molar-refractivity contribution >= 4 is 34.9 Å². The van der Waals surface area contributed by atoms with E-state index in [1.165, 1.54) is 0 Å². The summed E-state index contributed by atoms with van der Waals surface area (Å²) in [5.74, 6) is 0.255. The summed E-state index contributed by atoms with van der Waals surface area (Å²) < 4.78 is 5.31. The Morgan fingerprint density at radius 2 is 2.10 bits per heavy atom. The first-order valence-corrected chi connectivity index (χ1v) is 10.3. The monoisotopic (exact) mass is 419 g/mol. The predicted molar refractivity (Wildman–Crippen MR) is 110 cm³/mol. The summed E-state index contributed by atoms with van der Waals surface area (Å²) in [6, 6.07) is 1.85. The number of rotatable bonds is 4. The molecule has 2 N–H and O–H groups in total. The van der Waals surface area contributed by atoms with Gasteiger partial charge >= 0.3 is 6.09 Å². The van der Waals surface area contributed by atoms with Crippen LogP contribution in [0, 0.1) is 0 Å². The average molecular weight is 420 g/mol. The standard InChI is InChI=1S/C19H25N5O4S/c1-19(2,3)28-17(26)22-13-7-10-24(11-8-13)16-20-9-6-12(21-16)4-5-14-15(25)23-18(27)29-14/h5-6,9,13H,4,7-8,10-11H2,1-3H3,(H,22,26)(H,23,25,27)/b14-5-. The summed E-state index contributed by atoms with van der Waals surface area (Å²) in [4.78, 5) is 46.1. The van der Waals surface area contributed by atoms with Crippen molar-refractivity contribution in [3.05, 3.63) is 28.9 Å². The number of thioether (sulfide) groups is 1. The van der Waals surface area contributed by atoms with E-state index in [4.69, 9.17) is 4.74 Å². The minimum Gasteiger partial charge on any atom is -0.444 e. The molecule has 2 saturated heterocycles. The first-order chi connectivity index (χ1) is 13.7. The first kappa shape index (κ1) is 21.1. The molecule has 2 aliphatic rings. The highest BCUT2D eigenvalue weighted by Crippen LogP contribution is 2.23. The lowest BCUT2D eigenvalue weighted by Gasteiger charge is -2.32. The van der Waals surface area contributed by atoms with Crippen LogP contribution in [0.5, 0.6) is 0 Å². The minimum atomic E-state index is -0.515.